The molecule has 16 heteroatoms. The van der Waals surface area contributed by atoms with E-state index in [1.54, 1.807) is 19.5 Å². The molecular weight excluding hydrogens is 671 g/mol. The number of nitrogens with one attached hydrogen (secondary N) is 3. The van der Waals surface area contributed by atoms with Gasteiger partial charge in [-0.2, -0.15) is 5.21 Å². The van der Waals surface area contributed by atoms with Gasteiger partial charge in [-0.25, -0.2) is 9.97 Å². The number of ether oxygens (including phenoxy) is 2. The first-order valence-corrected chi connectivity index (χ1v) is 16.4. The maximum Gasteiger partial charge on any atom is 0.237 e. The lowest BCUT2D eigenvalue weighted by molar-refractivity contribution is -0.119. The molecule has 0 saturated carbocycles. The summed E-state index contributed by atoms with van der Waals surface area (Å²) in [6.07, 6.45) is 7.16. The smallest absolute Gasteiger partial charge is 0.237 e. The highest BCUT2D eigenvalue weighted by Gasteiger charge is 2.22. The van der Waals surface area contributed by atoms with Gasteiger partial charge in [0.1, 0.15) is 11.4 Å². The van der Waals surface area contributed by atoms with Gasteiger partial charge in [0.2, 0.25) is 17.7 Å². The van der Waals surface area contributed by atoms with Gasteiger partial charge in [0, 0.05) is 41.3 Å². The average Bonchev–Trinajstić information content (AvgIpc) is 3.81. The van der Waals surface area contributed by atoms with Crippen LogP contribution < -0.4 is 20.1 Å². The Morgan fingerprint density at radius 2 is 1.55 bits per heavy atom. The molecule has 0 aliphatic carbocycles. The summed E-state index contributed by atoms with van der Waals surface area (Å²) in [7, 11) is 3.08. The lowest BCUT2D eigenvalue weighted by atomic mass is 9.98. The predicted octanol–water partition coefficient (Wildman–Crippen LogP) is 4.53. The van der Waals surface area contributed by atoms with Crippen molar-refractivity contribution in [1.29, 1.82) is 0 Å². The van der Waals surface area contributed by atoms with E-state index in [9.17, 15) is 9.90 Å². The standard InChI is InChI=1S/C33H34Cl2N10O4/c1-48-32-23(11-3-6-18-12-13-28(47)39-18)36-14-24(40-32)21-9-4-7-19(29(21)34)20-8-5-10-22(30(20)35)25-15-37-26(33(41-25)49-2)16-38-27(17-46)31-42-44-45-43-31/h4-5,7-10,14-15,18,27,38,46H,3,6,11-13,16-17H2,1-2H3,(H,39,47)(H,42,43,44,45)/t18-,27?/m1/s1. The van der Waals surface area contributed by atoms with Crippen LogP contribution in [-0.2, 0) is 17.8 Å². The molecule has 0 spiro atoms. The molecular formula is C33H34Cl2N10O4. The van der Waals surface area contributed by atoms with Gasteiger partial charge in [-0.1, -0.05) is 64.8 Å². The maximum absolute atomic E-state index is 11.5. The number of tetrazole rings is 1. The molecule has 1 aliphatic rings. The zero-order valence-corrected chi connectivity index (χ0v) is 28.3. The van der Waals surface area contributed by atoms with Crippen molar-refractivity contribution in [2.45, 2.75) is 50.7 Å². The summed E-state index contributed by atoms with van der Waals surface area (Å²) in [6, 6.07) is 10.9. The van der Waals surface area contributed by atoms with Gasteiger partial charge < -0.3 is 19.9 Å². The summed E-state index contributed by atoms with van der Waals surface area (Å²) in [4.78, 5) is 30.2. The van der Waals surface area contributed by atoms with E-state index in [0.717, 1.165) is 25.0 Å². The number of carbonyl (C=O) groups excluding carboxylic acids is 1. The first kappa shape index (κ1) is 34.1. The normalized spacial score (nSPS) is 14.9. The quantitative estimate of drug-likeness (QED) is 0.127. The monoisotopic (exact) mass is 704 g/mol. The van der Waals surface area contributed by atoms with Crippen molar-refractivity contribution < 1.29 is 19.4 Å². The number of hydrogen-bond donors (Lipinski definition) is 4. The zero-order chi connectivity index (χ0) is 34.3. The Balaban J connectivity index is 1.22. The summed E-state index contributed by atoms with van der Waals surface area (Å²) >= 11 is 14.1. The largest absolute Gasteiger partial charge is 0.480 e. The number of nitrogens with zero attached hydrogens (tertiary/aromatic N) is 7. The van der Waals surface area contributed by atoms with Gasteiger partial charge in [0.15, 0.2) is 5.82 Å². The van der Waals surface area contributed by atoms with Crippen LogP contribution in [-0.4, -0.2) is 78.4 Å². The fraction of sp³-hybridized carbons (Fsp3) is 0.333. The van der Waals surface area contributed by atoms with Crippen LogP contribution >= 0.6 is 23.2 Å². The van der Waals surface area contributed by atoms with Gasteiger partial charge in [-0.15, -0.1) is 10.2 Å². The second-order valence-corrected chi connectivity index (χ2v) is 12.1. The molecule has 0 radical (unpaired) electrons. The Bertz CT molecular complexity index is 1930. The minimum absolute atomic E-state index is 0.114. The number of amides is 1. The van der Waals surface area contributed by atoms with Crippen LogP contribution in [0.2, 0.25) is 10.0 Å². The lowest BCUT2D eigenvalue weighted by Crippen LogP contribution is -2.26. The van der Waals surface area contributed by atoms with E-state index in [1.807, 2.05) is 36.4 Å². The average molecular weight is 706 g/mol. The number of hydrogen-bond acceptors (Lipinski definition) is 12. The number of methoxy groups -OCH3 is 2. The van der Waals surface area contributed by atoms with Crippen LogP contribution in [0.5, 0.6) is 11.8 Å². The number of aliphatic hydroxyl groups is 1. The van der Waals surface area contributed by atoms with E-state index >= 15 is 0 Å². The van der Waals surface area contributed by atoms with Crippen molar-refractivity contribution >= 4 is 29.1 Å². The molecule has 4 N–H and O–H groups in total. The van der Waals surface area contributed by atoms with Crippen LogP contribution in [0, 0.1) is 0 Å². The molecule has 5 aromatic rings. The van der Waals surface area contributed by atoms with Crippen molar-refractivity contribution in [1.82, 2.24) is 51.2 Å². The van der Waals surface area contributed by atoms with Gasteiger partial charge in [-0.05, 0) is 25.7 Å². The maximum atomic E-state index is 11.5. The van der Waals surface area contributed by atoms with Crippen molar-refractivity contribution in [2.24, 2.45) is 0 Å². The summed E-state index contributed by atoms with van der Waals surface area (Å²) in [5.41, 5.74) is 5.02. The van der Waals surface area contributed by atoms with E-state index < -0.39 is 6.04 Å². The van der Waals surface area contributed by atoms with Gasteiger partial charge in [0.25, 0.3) is 0 Å². The fourth-order valence-corrected chi connectivity index (χ4v) is 6.38. The third-order valence-corrected chi connectivity index (χ3v) is 9.09. The van der Waals surface area contributed by atoms with Crippen LogP contribution in [0.1, 0.15) is 48.9 Å². The van der Waals surface area contributed by atoms with E-state index in [1.165, 1.54) is 7.11 Å². The van der Waals surface area contributed by atoms with Crippen LogP contribution in [0.15, 0.2) is 48.8 Å². The highest BCUT2D eigenvalue weighted by molar-refractivity contribution is 6.39. The molecule has 14 nitrogen and oxygen atoms in total. The predicted molar refractivity (Wildman–Crippen MR) is 182 cm³/mol. The Morgan fingerprint density at radius 3 is 2.10 bits per heavy atom. The molecule has 3 aromatic heterocycles. The summed E-state index contributed by atoms with van der Waals surface area (Å²) < 4.78 is 11.2. The summed E-state index contributed by atoms with van der Waals surface area (Å²) in [6.45, 7) is -0.0185. The molecule has 0 bridgehead atoms. The molecule has 254 valence electrons. The molecule has 1 amide bonds. The van der Waals surface area contributed by atoms with Crippen molar-refractivity contribution in [3.63, 3.8) is 0 Å². The second kappa shape index (κ2) is 15.6. The molecule has 4 heterocycles. The molecule has 1 fully saturated rings. The Hall–Kier alpha value is -4.76. The van der Waals surface area contributed by atoms with Crippen molar-refractivity contribution in [3.05, 3.63) is 76.0 Å². The second-order valence-electron chi connectivity index (χ2n) is 11.3. The fourth-order valence-electron chi connectivity index (χ4n) is 5.73. The van der Waals surface area contributed by atoms with Crippen LogP contribution in [0.3, 0.4) is 0 Å². The minimum Gasteiger partial charge on any atom is -0.480 e. The third kappa shape index (κ3) is 7.62. The van der Waals surface area contributed by atoms with Crippen molar-refractivity contribution in [2.75, 3.05) is 20.8 Å². The molecule has 2 atom stereocenters. The number of aromatic amines is 1. The SMILES string of the molecule is COc1nc(-c2cccc(-c3cccc(-c4cnc(CNC(CO)c5nn[nH]n5)c(OC)n4)c3Cl)c2Cl)cnc1CCC[C@@H]1CCC(=O)N1. The van der Waals surface area contributed by atoms with Crippen LogP contribution in [0.25, 0.3) is 33.6 Å². The van der Waals surface area contributed by atoms with Gasteiger partial charge >= 0.3 is 0 Å². The number of halogens is 2. The molecule has 1 unspecified atom stereocenters. The number of aryl methyl sites for hydroxylation is 1. The molecule has 6 rings (SSSR count). The van der Waals surface area contributed by atoms with Crippen LogP contribution in [0.4, 0.5) is 0 Å². The van der Waals surface area contributed by atoms with Gasteiger partial charge in [0.05, 0.1) is 60.7 Å². The van der Waals surface area contributed by atoms with Gasteiger partial charge in [-0.3, -0.25) is 20.1 Å². The zero-order valence-electron chi connectivity index (χ0n) is 26.8. The molecule has 1 saturated heterocycles. The topological polar surface area (TPSA) is 186 Å². The first-order valence-electron chi connectivity index (χ1n) is 15.6. The summed E-state index contributed by atoms with van der Waals surface area (Å²) in [5, 5.41) is 30.5. The van der Waals surface area contributed by atoms with E-state index in [4.69, 9.17) is 37.7 Å². The third-order valence-electron chi connectivity index (χ3n) is 8.27. The molecule has 2 aromatic carbocycles. The number of H-pyrrole nitrogens is 1. The number of aliphatic hydroxyl groups excluding tert-OH is 1. The Labute approximate surface area is 292 Å². The Morgan fingerprint density at radius 1 is 0.939 bits per heavy atom. The molecule has 1 aliphatic heterocycles. The number of rotatable bonds is 14. The number of benzene rings is 2. The Kier molecular flexibility index (Phi) is 10.9. The number of aromatic nitrogens is 8. The summed E-state index contributed by atoms with van der Waals surface area (Å²) in [5.74, 6) is 1.16. The lowest BCUT2D eigenvalue weighted by Gasteiger charge is -2.16. The minimum atomic E-state index is -0.556. The molecule has 49 heavy (non-hydrogen) atoms. The van der Waals surface area contributed by atoms with E-state index in [-0.39, 0.29) is 31.0 Å². The highest BCUT2D eigenvalue weighted by atomic mass is 35.5. The number of carbonyl (C=O) groups is 1. The first-order chi connectivity index (χ1) is 23.9. The van der Waals surface area contributed by atoms with E-state index in [2.05, 4.69) is 46.2 Å². The highest BCUT2D eigenvalue weighted by Crippen LogP contribution is 2.42. The van der Waals surface area contributed by atoms with Crippen molar-refractivity contribution in [3.8, 4) is 45.4 Å². The van der Waals surface area contributed by atoms with E-state index in [0.29, 0.717) is 73.9 Å².